The van der Waals surface area contributed by atoms with Gasteiger partial charge in [-0.3, -0.25) is 9.59 Å². The largest absolute Gasteiger partial charge is 0.452 e. The molecule has 2 heterocycles. The number of thiophene rings is 1. The summed E-state index contributed by atoms with van der Waals surface area (Å²) in [6, 6.07) is 10.6. The number of anilines is 1. The highest BCUT2D eigenvalue weighted by Gasteiger charge is 2.20. The molecule has 10 heteroatoms. The number of ether oxygens (including phenoxy) is 1. The fourth-order valence-corrected chi connectivity index (χ4v) is 4.08. The molecule has 7 nitrogen and oxygen atoms in total. The predicted octanol–water partition coefficient (Wildman–Crippen LogP) is 4.34. The van der Waals surface area contributed by atoms with Crippen LogP contribution in [0.5, 0.6) is 0 Å². The van der Waals surface area contributed by atoms with E-state index in [4.69, 9.17) is 16.3 Å². The zero-order valence-corrected chi connectivity index (χ0v) is 18.2. The average Bonchev–Trinajstić information content (AvgIpc) is 3.37. The zero-order valence-electron chi connectivity index (χ0n) is 15.8. The lowest BCUT2D eigenvalue weighted by molar-refractivity contribution is -0.150. The van der Waals surface area contributed by atoms with E-state index in [1.54, 1.807) is 35.6 Å². The number of aromatic nitrogens is 3. The van der Waals surface area contributed by atoms with Crippen LogP contribution in [-0.2, 0) is 20.9 Å². The van der Waals surface area contributed by atoms with E-state index in [9.17, 15) is 9.59 Å². The van der Waals surface area contributed by atoms with Gasteiger partial charge in [0.1, 0.15) is 0 Å². The van der Waals surface area contributed by atoms with Crippen molar-refractivity contribution in [3.8, 4) is 10.7 Å². The first-order valence-corrected chi connectivity index (χ1v) is 11.1. The molecule has 1 N–H and O–H groups in total. The molecule has 0 fully saturated rings. The second kappa shape index (κ2) is 9.91. The van der Waals surface area contributed by atoms with E-state index in [1.807, 2.05) is 29.0 Å². The molecule has 0 bridgehead atoms. The fourth-order valence-electron chi connectivity index (χ4n) is 2.45. The van der Waals surface area contributed by atoms with Gasteiger partial charge < -0.3 is 14.6 Å². The lowest BCUT2D eigenvalue weighted by atomic mass is 10.3. The van der Waals surface area contributed by atoms with Crippen molar-refractivity contribution in [1.29, 1.82) is 0 Å². The minimum atomic E-state index is -0.926. The molecule has 0 saturated carbocycles. The summed E-state index contributed by atoms with van der Waals surface area (Å²) in [5.41, 5.74) is 0.578. The molecular formula is C19H19ClN4O3S2. The number of hydrogen-bond acceptors (Lipinski definition) is 7. The maximum atomic E-state index is 12.2. The highest BCUT2D eigenvalue weighted by atomic mass is 35.5. The molecule has 1 amide bonds. The summed E-state index contributed by atoms with van der Waals surface area (Å²) >= 11 is 8.63. The lowest BCUT2D eigenvalue weighted by Crippen LogP contribution is -2.30. The highest BCUT2D eigenvalue weighted by Crippen LogP contribution is 2.27. The van der Waals surface area contributed by atoms with Crippen LogP contribution in [0.15, 0.2) is 46.9 Å². The monoisotopic (exact) mass is 450 g/mol. The third kappa shape index (κ3) is 5.59. The van der Waals surface area contributed by atoms with Gasteiger partial charge in [-0.05, 0) is 49.6 Å². The zero-order chi connectivity index (χ0) is 20.8. The van der Waals surface area contributed by atoms with Crippen molar-refractivity contribution in [1.82, 2.24) is 14.8 Å². The third-order valence-electron chi connectivity index (χ3n) is 3.88. The Kier molecular flexibility index (Phi) is 7.29. The van der Waals surface area contributed by atoms with Crippen molar-refractivity contribution in [2.75, 3.05) is 11.1 Å². The van der Waals surface area contributed by atoms with Crippen molar-refractivity contribution in [2.45, 2.75) is 31.7 Å². The number of nitrogens with zero attached hydrogens (tertiary/aromatic N) is 3. The number of amides is 1. The number of esters is 1. The first-order valence-electron chi connectivity index (χ1n) is 8.83. The van der Waals surface area contributed by atoms with Crippen molar-refractivity contribution < 1.29 is 14.3 Å². The topological polar surface area (TPSA) is 86.1 Å². The van der Waals surface area contributed by atoms with Gasteiger partial charge in [-0.15, -0.1) is 21.5 Å². The number of hydrogen-bond donors (Lipinski definition) is 1. The molecule has 1 aromatic carbocycles. The summed E-state index contributed by atoms with van der Waals surface area (Å²) in [4.78, 5) is 25.4. The lowest BCUT2D eigenvalue weighted by Gasteiger charge is -2.13. The molecule has 0 aliphatic carbocycles. The maximum Gasteiger partial charge on any atom is 0.317 e. The molecule has 0 aliphatic heterocycles. The van der Waals surface area contributed by atoms with E-state index in [0.717, 1.165) is 10.7 Å². The van der Waals surface area contributed by atoms with Gasteiger partial charge in [-0.1, -0.05) is 29.4 Å². The second-order valence-corrected chi connectivity index (χ2v) is 8.27. The van der Waals surface area contributed by atoms with Crippen LogP contribution < -0.4 is 5.32 Å². The van der Waals surface area contributed by atoms with Gasteiger partial charge in [0.05, 0.1) is 10.6 Å². The number of thioether (sulfide) groups is 1. The number of halogens is 1. The number of benzene rings is 1. The standard InChI is InChI=1S/C19H19ClN4O3S2/c1-3-24-17(15-5-4-10-28-15)22-23-19(24)29-11-16(25)27-12(2)18(26)21-14-8-6-13(20)7-9-14/h4-10,12H,3,11H2,1-2H3,(H,21,26). The Morgan fingerprint density at radius 3 is 2.69 bits per heavy atom. The van der Waals surface area contributed by atoms with Crippen LogP contribution in [0.25, 0.3) is 10.7 Å². The van der Waals surface area contributed by atoms with E-state index in [1.165, 1.54) is 18.7 Å². The van der Waals surface area contributed by atoms with Crippen molar-refractivity contribution >= 4 is 52.3 Å². The van der Waals surface area contributed by atoms with E-state index in [2.05, 4.69) is 15.5 Å². The predicted molar refractivity (Wildman–Crippen MR) is 115 cm³/mol. The fraction of sp³-hybridized carbons (Fsp3) is 0.263. The van der Waals surface area contributed by atoms with E-state index in [0.29, 0.717) is 22.4 Å². The molecule has 1 unspecified atom stereocenters. The second-order valence-electron chi connectivity index (χ2n) is 5.94. The Labute approximate surface area is 181 Å². The Morgan fingerprint density at radius 1 is 1.28 bits per heavy atom. The van der Waals surface area contributed by atoms with Crippen LogP contribution >= 0.6 is 34.7 Å². The van der Waals surface area contributed by atoms with Crippen LogP contribution in [0.4, 0.5) is 5.69 Å². The van der Waals surface area contributed by atoms with Crippen molar-refractivity contribution in [3.05, 3.63) is 46.8 Å². The highest BCUT2D eigenvalue weighted by molar-refractivity contribution is 7.99. The summed E-state index contributed by atoms with van der Waals surface area (Å²) in [6.45, 7) is 4.20. The Hall–Kier alpha value is -2.36. The molecule has 0 aliphatic rings. The van der Waals surface area contributed by atoms with Crippen molar-refractivity contribution in [3.63, 3.8) is 0 Å². The smallest absolute Gasteiger partial charge is 0.317 e. The Balaban J connectivity index is 1.53. The molecule has 0 spiro atoms. The summed E-state index contributed by atoms with van der Waals surface area (Å²) in [5, 5.41) is 14.3. The van der Waals surface area contributed by atoms with Gasteiger partial charge in [-0.25, -0.2) is 0 Å². The molecule has 29 heavy (non-hydrogen) atoms. The first-order chi connectivity index (χ1) is 14.0. The van der Waals surface area contributed by atoms with Gasteiger partial charge in [0.25, 0.3) is 5.91 Å². The van der Waals surface area contributed by atoms with Crippen LogP contribution in [0, 0.1) is 0 Å². The number of rotatable bonds is 8. The number of carbonyl (C=O) groups is 2. The Morgan fingerprint density at radius 2 is 2.03 bits per heavy atom. The molecule has 152 valence electrons. The molecular weight excluding hydrogens is 432 g/mol. The Bertz CT molecular complexity index is 974. The van der Waals surface area contributed by atoms with Gasteiger partial charge in [0.2, 0.25) is 0 Å². The first kappa shape index (κ1) is 21.4. The van der Waals surface area contributed by atoms with Gasteiger partial charge >= 0.3 is 5.97 Å². The molecule has 3 aromatic rings. The summed E-state index contributed by atoms with van der Waals surface area (Å²) < 4.78 is 7.17. The minimum absolute atomic E-state index is 0.0289. The third-order valence-corrected chi connectivity index (χ3v) is 5.94. The molecule has 3 rings (SSSR count). The molecule has 0 radical (unpaired) electrons. The van der Waals surface area contributed by atoms with Crippen LogP contribution in [0.1, 0.15) is 13.8 Å². The molecule has 0 saturated heterocycles. The van der Waals surface area contributed by atoms with Crippen LogP contribution in [0.2, 0.25) is 5.02 Å². The van der Waals surface area contributed by atoms with Gasteiger partial charge in [-0.2, -0.15) is 0 Å². The van der Waals surface area contributed by atoms with E-state index < -0.39 is 18.0 Å². The quantitative estimate of drug-likeness (QED) is 0.405. The number of nitrogens with one attached hydrogen (secondary N) is 1. The van der Waals surface area contributed by atoms with Gasteiger partial charge in [0, 0.05) is 17.3 Å². The molecule has 2 aromatic heterocycles. The van der Waals surface area contributed by atoms with Crippen LogP contribution in [-0.4, -0.2) is 38.5 Å². The van der Waals surface area contributed by atoms with Crippen LogP contribution in [0.3, 0.4) is 0 Å². The number of carbonyl (C=O) groups excluding carboxylic acids is 2. The molecule has 1 atom stereocenters. The SMILES string of the molecule is CCn1c(SCC(=O)OC(C)C(=O)Nc2ccc(Cl)cc2)nnc1-c1cccs1. The normalized spacial score (nSPS) is 11.8. The van der Waals surface area contributed by atoms with E-state index >= 15 is 0 Å². The van der Waals surface area contributed by atoms with Gasteiger partial charge in [0.15, 0.2) is 17.1 Å². The minimum Gasteiger partial charge on any atom is -0.452 e. The van der Waals surface area contributed by atoms with E-state index in [-0.39, 0.29) is 5.75 Å². The summed E-state index contributed by atoms with van der Waals surface area (Å²) in [7, 11) is 0. The van der Waals surface area contributed by atoms with Crippen molar-refractivity contribution in [2.24, 2.45) is 0 Å². The average molecular weight is 451 g/mol. The maximum absolute atomic E-state index is 12.2. The summed E-state index contributed by atoms with van der Waals surface area (Å²) in [6.07, 6.45) is -0.926. The summed E-state index contributed by atoms with van der Waals surface area (Å²) in [5.74, 6) is -0.116.